The van der Waals surface area contributed by atoms with Gasteiger partial charge in [0.05, 0.1) is 11.4 Å². The molecular weight excluding hydrogens is 236 g/mol. The first-order chi connectivity index (χ1) is 9.15. The van der Waals surface area contributed by atoms with E-state index in [1.807, 2.05) is 48.5 Å². The van der Waals surface area contributed by atoms with Gasteiger partial charge in [-0.05, 0) is 31.5 Å². The van der Waals surface area contributed by atoms with Gasteiger partial charge in [0.2, 0.25) is 0 Å². The lowest BCUT2D eigenvalue weighted by Gasteiger charge is -2.14. The molecule has 0 spiro atoms. The Hall–Kier alpha value is -2.16. The zero-order valence-electron chi connectivity index (χ0n) is 11.4. The summed E-state index contributed by atoms with van der Waals surface area (Å²) in [5.74, 6) is 0.821. The Kier molecular flexibility index (Phi) is 4.29. The highest BCUT2D eigenvalue weighted by molar-refractivity contribution is 5.68. The van der Waals surface area contributed by atoms with E-state index in [4.69, 9.17) is 10.5 Å². The van der Waals surface area contributed by atoms with Gasteiger partial charge < -0.3 is 15.8 Å². The molecular formula is C16H20N2O. The van der Waals surface area contributed by atoms with Crippen molar-refractivity contribution in [1.29, 1.82) is 0 Å². The van der Waals surface area contributed by atoms with Crippen molar-refractivity contribution in [3.8, 4) is 5.75 Å². The number of hydrogen-bond donors (Lipinski definition) is 2. The predicted octanol–water partition coefficient (Wildman–Crippen LogP) is 3.67. The van der Waals surface area contributed by atoms with E-state index in [9.17, 15) is 0 Å². The second kappa shape index (κ2) is 6.14. The molecule has 0 aliphatic heterocycles. The molecule has 0 atom stereocenters. The molecule has 2 aromatic rings. The van der Waals surface area contributed by atoms with Crippen LogP contribution in [0.25, 0.3) is 0 Å². The lowest BCUT2D eigenvalue weighted by Crippen LogP contribution is -2.11. The molecule has 3 nitrogen and oxygen atoms in total. The highest BCUT2D eigenvalue weighted by Crippen LogP contribution is 2.25. The van der Waals surface area contributed by atoms with E-state index >= 15 is 0 Å². The van der Waals surface area contributed by atoms with E-state index in [1.54, 1.807) is 0 Å². The summed E-state index contributed by atoms with van der Waals surface area (Å²) in [6.07, 6.45) is 0. The van der Waals surface area contributed by atoms with Crippen molar-refractivity contribution in [2.45, 2.75) is 26.5 Å². The normalized spacial score (nSPS) is 10.5. The molecule has 0 bridgehead atoms. The molecule has 0 aliphatic rings. The average Bonchev–Trinajstić information content (AvgIpc) is 2.40. The number of nitrogens with two attached hydrogens (primary N) is 1. The quantitative estimate of drug-likeness (QED) is 0.802. The van der Waals surface area contributed by atoms with Gasteiger partial charge in [-0.3, -0.25) is 0 Å². The molecule has 19 heavy (non-hydrogen) atoms. The van der Waals surface area contributed by atoms with Crippen LogP contribution in [-0.4, -0.2) is 6.04 Å². The minimum atomic E-state index is 0.340. The van der Waals surface area contributed by atoms with Gasteiger partial charge in [0, 0.05) is 12.1 Å². The fourth-order valence-electron chi connectivity index (χ4n) is 1.80. The summed E-state index contributed by atoms with van der Waals surface area (Å²) in [6.45, 7) is 4.72. The summed E-state index contributed by atoms with van der Waals surface area (Å²) in [4.78, 5) is 0. The predicted molar refractivity (Wildman–Crippen MR) is 80.4 cm³/mol. The van der Waals surface area contributed by atoms with Crippen molar-refractivity contribution in [2.75, 3.05) is 11.1 Å². The van der Waals surface area contributed by atoms with E-state index in [-0.39, 0.29) is 0 Å². The minimum Gasteiger partial charge on any atom is -0.489 e. The Bertz CT molecular complexity index is 524. The number of rotatable bonds is 5. The molecule has 3 N–H and O–H groups in total. The zero-order chi connectivity index (χ0) is 13.7. The van der Waals surface area contributed by atoms with E-state index in [2.05, 4.69) is 19.2 Å². The van der Waals surface area contributed by atoms with Crippen LogP contribution in [0, 0.1) is 0 Å². The van der Waals surface area contributed by atoms with Crippen LogP contribution in [0.15, 0.2) is 48.5 Å². The maximum Gasteiger partial charge on any atom is 0.122 e. The van der Waals surface area contributed by atoms with Gasteiger partial charge in [0.1, 0.15) is 12.4 Å². The first kappa shape index (κ1) is 13.3. The summed E-state index contributed by atoms with van der Waals surface area (Å²) in [5.41, 5.74) is 8.73. The van der Waals surface area contributed by atoms with Crippen molar-refractivity contribution < 1.29 is 4.74 Å². The van der Waals surface area contributed by atoms with Crippen LogP contribution in [-0.2, 0) is 6.61 Å². The van der Waals surface area contributed by atoms with Crippen molar-refractivity contribution in [2.24, 2.45) is 0 Å². The second-order valence-corrected chi connectivity index (χ2v) is 4.82. The summed E-state index contributed by atoms with van der Waals surface area (Å²) >= 11 is 0. The highest BCUT2D eigenvalue weighted by Gasteiger charge is 2.03. The Morgan fingerprint density at radius 1 is 1.11 bits per heavy atom. The standard InChI is InChI=1S/C16H20N2O/c1-12(2)18-16-10-14(8-9-15(16)17)19-11-13-6-4-3-5-7-13/h3-10,12,18H,11,17H2,1-2H3. The molecule has 0 aromatic heterocycles. The lowest BCUT2D eigenvalue weighted by molar-refractivity contribution is 0.306. The summed E-state index contributed by atoms with van der Waals surface area (Å²) in [7, 11) is 0. The van der Waals surface area contributed by atoms with E-state index in [1.165, 1.54) is 0 Å². The summed E-state index contributed by atoms with van der Waals surface area (Å²) in [5, 5.41) is 3.31. The van der Waals surface area contributed by atoms with Crippen LogP contribution >= 0.6 is 0 Å². The SMILES string of the molecule is CC(C)Nc1cc(OCc2ccccc2)ccc1N. The van der Waals surface area contributed by atoms with Crippen molar-refractivity contribution in [1.82, 2.24) is 0 Å². The third-order valence-corrected chi connectivity index (χ3v) is 2.72. The number of nitrogen functional groups attached to an aromatic ring is 1. The number of hydrogen-bond acceptors (Lipinski definition) is 3. The molecule has 0 heterocycles. The molecule has 2 aromatic carbocycles. The monoisotopic (exact) mass is 256 g/mol. The maximum absolute atomic E-state index is 5.93. The Labute approximate surface area is 114 Å². The maximum atomic E-state index is 5.93. The Balaban J connectivity index is 2.04. The van der Waals surface area contributed by atoms with Crippen LogP contribution in [0.3, 0.4) is 0 Å². The molecule has 3 heteroatoms. The highest BCUT2D eigenvalue weighted by atomic mass is 16.5. The van der Waals surface area contributed by atoms with Crippen LogP contribution in [0.2, 0.25) is 0 Å². The van der Waals surface area contributed by atoms with Crippen LogP contribution in [0.4, 0.5) is 11.4 Å². The largest absolute Gasteiger partial charge is 0.489 e. The van der Waals surface area contributed by atoms with Gasteiger partial charge in [0.15, 0.2) is 0 Å². The molecule has 2 rings (SSSR count). The second-order valence-electron chi connectivity index (χ2n) is 4.82. The van der Waals surface area contributed by atoms with Crippen molar-refractivity contribution >= 4 is 11.4 Å². The van der Waals surface area contributed by atoms with Gasteiger partial charge >= 0.3 is 0 Å². The molecule has 0 aliphatic carbocycles. The topological polar surface area (TPSA) is 47.3 Å². The third kappa shape index (κ3) is 3.91. The molecule has 0 unspecified atom stereocenters. The minimum absolute atomic E-state index is 0.340. The molecule has 0 saturated carbocycles. The molecule has 0 radical (unpaired) electrons. The summed E-state index contributed by atoms with van der Waals surface area (Å²) in [6, 6.07) is 16.1. The van der Waals surface area contributed by atoms with Crippen LogP contribution < -0.4 is 15.8 Å². The fraction of sp³-hybridized carbons (Fsp3) is 0.250. The smallest absolute Gasteiger partial charge is 0.122 e. The van der Waals surface area contributed by atoms with Crippen molar-refractivity contribution in [3.63, 3.8) is 0 Å². The van der Waals surface area contributed by atoms with E-state index in [0.717, 1.165) is 22.7 Å². The van der Waals surface area contributed by atoms with Gasteiger partial charge in [-0.15, -0.1) is 0 Å². The first-order valence-corrected chi connectivity index (χ1v) is 6.48. The van der Waals surface area contributed by atoms with Gasteiger partial charge in [-0.1, -0.05) is 30.3 Å². The number of ether oxygens (including phenoxy) is 1. The number of anilines is 2. The van der Waals surface area contributed by atoms with E-state index in [0.29, 0.717) is 12.6 Å². The number of nitrogens with one attached hydrogen (secondary N) is 1. The van der Waals surface area contributed by atoms with Crippen molar-refractivity contribution in [3.05, 3.63) is 54.1 Å². The zero-order valence-corrected chi connectivity index (χ0v) is 11.4. The third-order valence-electron chi connectivity index (χ3n) is 2.72. The number of benzene rings is 2. The summed E-state index contributed by atoms with van der Waals surface area (Å²) < 4.78 is 5.77. The van der Waals surface area contributed by atoms with Crippen LogP contribution in [0.5, 0.6) is 5.75 Å². The van der Waals surface area contributed by atoms with Gasteiger partial charge in [-0.2, -0.15) is 0 Å². The Morgan fingerprint density at radius 2 is 1.84 bits per heavy atom. The average molecular weight is 256 g/mol. The Morgan fingerprint density at radius 3 is 2.53 bits per heavy atom. The molecule has 0 amide bonds. The molecule has 100 valence electrons. The van der Waals surface area contributed by atoms with Gasteiger partial charge in [-0.25, -0.2) is 0 Å². The fourth-order valence-corrected chi connectivity index (χ4v) is 1.80. The first-order valence-electron chi connectivity index (χ1n) is 6.48. The molecule has 0 saturated heterocycles. The lowest BCUT2D eigenvalue weighted by atomic mass is 10.2. The molecule has 0 fully saturated rings. The van der Waals surface area contributed by atoms with Gasteiger partial charge in [0.25, 0.3) is 0 Å². The van der Waals surface area contributed by atoms with Crippen LogP contribution in [0.1, 0.15) is 19.4 Å². The van der Waals surface area contributed by atoms with E-state index < -0.39 is 0 Å².